The molecule has 0 bridgehead atoms. The quantitative estimate of drug-likeness (QED) is 0.752. The zero-order chi connectivity index (χ0) is 13.2. The summed E-state index contributed by atoms with van der Waals surface area (Å²) in [6, 6.07) is 11.9. The number of anilines is 1. The molecule has 3 rings (SSSR count). The minimum atomic E-state index is 0.0303. The number of aromatic nitrogens is 1. The number of carbonyl (C=O) groups excluding carboxylic acids is 1. The molecular weight excluding hydrogens is 236 g/mol. The maximum Gasteiger partial charge on any atom is 0.228 e. The van der Waals surface area contributed by atoms with E-state index in [-0.39, 0.29) is 11.8 Å². The van der Waals surface area contributed by atoms with Gasteiger partial charge in [-0.05, 0) is 30.3 Å². The highest BCUT2D eigenvalue weighted by Crippen LogP contribution is 2.26. The normalized spacial score (nSPS) is 18.6. The number of amides is 1. The molecule has 94 valence electrons. The average Bonchev–Trinajstić information content (AvgIpc) is 3.08. The Hall–Kier alpha value is -2.47. The van der Waals surface area contributed by atoms with E-state index in [1.807, 2.05) is 53.4 Å². The Morgan fingerprint density at radius 2 is 1.89 bits per heavy atom. The molecule has 19 heavy (non-hydrogen) atoms. The summed E-state index contributed by atoms with van der Waals surface area (Å²) in [5.74, 6) is 2.80. The lowest BCUT2D eigenvalue weighted by atomic mass is 10.1. The van der Waals surface area contributed by atoms with Crippen LogP contribution in [-0.4, -0.2) is 17.0 Å². The zero-order valence-corrected chi connectivity index (χ0v) is 10.5. The third-order valence-electron chi connectivity index (χ3n) is 3.40. The van der Waals surface area contributed by atoms with Crippen LogP contribution < -0.4 is 4.90 Å². The smallest absolute Gasteiger partial charge is 0.228 e. The fourth-order valence-electron chi connectivity index (χ4n) is 2.40. The second kappa shape index (κ2) is 4.66. The molecule has 0 N–H and O–H groups in total. The predicted molar refractivity (Wildman–Crippen MR) is 75.1 cm³/mol. The lowest BCUT2D eigenvalue weighted by molar-refractivity contribution is -0.117. The van der Waals surface area contributed by atoms with Crippen molar-refractivity contribution >= 4 is 11.6 Å². The maximum atomic E-state index is 12.0. The number of terminal acetylenes is 1. The van der Waals surface area contributed by atoms with Crippen LogP contribution in [0.15, 0.2) is 48.8 Å². The van der Waals surface area contributed by atoms with Gasteiger partial charge in [0.15, 0.2) is 0 Å². The van der Waals surface area contributed by atoms with Gasteiger partial charge in [0.25, 0.3) is 0 Å². The second-order valence-electron chi connectivity index (χ2n) is 4.68. The van der Waals surface area contributed by atoms with Crippen molar-refractivity contribution in [3.63, 3.8) is 0 Å². The molecule has 1 aliphatic rings. The highest BCUT2D eigenvalue weighted by molar-refractivity contribution is 5.96. The van der Waals surface area contributed by atoms with Gasteiger partial charge in [-0.2, -0.15) is 0 Å². The highest BCUT2D eigenvalue weighted by Gasteiger charge is 2.29. The van der Waals surface area contributed by atoms with E-state index in [0.717, 1.165) is 11.4 Å². The number of rotatable bonds is 2. The van der Waals surface area contributed by atoms with E-state index in [2.05, 4.69) is 5.92 Å². The van der Waals surface area contributed by atoms with Crippen molar-refractivity contribution in [2.75, 3.05) is 11.4 Å². The van der Waals surface area contributed by atoms with Gasteiger partial charge >= 0.3 is 0 Å². The predicted octanol–water partition coefficient (Wildman–Crippen LogP) is 2.46. The van der Waals surface area contributed by atoms with Crippen LogP contribution in [0.4, 0.5) is 5.69 Å². The fraction of sp³-hybridized carbons (Fsp3) is 0.188. The Morgan fingerprint density at radius 3 is 2.58 bits per heavy atom. The molecule has 1 unspecified atom stereocenters. The van der Waals surface area contributed by atoms with Crippen molar-refractivity contribution in [1.82, 2.24) is 4.57 Å². The highest BCUT2D eigenvalue weighted by atomic mass is 16.2. The number of hydrogen-bond acceptors (Lipinski definition) is 1. The van der Waals surface area contributed by atoms with Gasteiger partial charge in [-0.25, -0.2) is 0 Å². The first kappa shape index (κ1) is 11.6. The Labute approximate surface area is 112 Å². The summed E-state index contributed by atoms with van der Waals surface area (Å²) >= 11 is 0. The van der Waals surface area contributed by atoms with Crippen LogP contribution in [0.25, 0.3) is 5.69 Å². The van der Waals surface area contributed by atoms with E-state index in [1.54, 1.807) is 4.90 Å². The lowest BCUT2D eigenvalue weighted by Gasteiger charge is -2.17. The van der Waals surface area contributed by atoms with Gasteiger partial charge in [0.1, 0.15) is 0 Å². The van der Waals surface area contributed by atoms with Crippen molar-refractivity contribution in [1.29, 1.82) is 0 Å². The van der Waals surface area contributed by atoms with Crippen LogP contribution in [0.3, 0.4) is 0 Å². The Bertz CT molecular complexity index is 637. The van der Waals surface area contributed by atoms with Crippen molar-refractivity contribution in [2.24, 2.45) is 5.92 Å². The molecule has 1 aromatic heterocycles. The van der Waals surface area contributed by atoms with Crippen molar-refractivity contribution < 1.29 is 4.79 Å². The van der Waals surface area contributed by atoms with Crippen LogP contribution >= 0.6 is 0 Å². The summed E-state index contributed by atoms with van der Waals surface area (Å²) in [6.45, 7) is 0.616. The average molecular weight is 250 g/mol. The van der Waals surface area contributed by atoms with E-state index in [0.29, 0.717) is 13.0 Å². The van der Waals surface area contributed by atoms with Gasteiger partial charge in [0.05, 0.1) is 0 Å². The third kappa shape index (κ3) is 2.13. The first-order chi connectivity index (χ1) is 9.28. The summed E-state index contributed by atoms with van der Waals surface area (Å²) in [7, 11) is 0. The van der Waals surface area contributed by atoms with Gasteiger partial charge in [-0.3, -0.25) is 4.79 Å². The number of hydrogen-bond donors (Lipinski definition) is 0. The van der Waals surface area contributed by atoms with Crippen LogP contribution in [-0.2, 0) is 4.79 Å². The molecule has 0 radical (unpaired) electrons. The number of benzene rings is 1. The zero-order valence-electron chi connectivity index (χ0n) is 10.5. The van der Waals surface area contributed by atoms with E-state index >= 15 is 0 Å². The number of nitrogens with zero attached hydrogens (tertiary/aromatic N) is 2. The van der Waals surface area contributed by atoms with Gasteiger partial charge in [-0.15, -0.1) is 12.3 Å². The van der Waals surface area contributed by atoms with Crippen LogP contribution in [0.2, 0.25) is 0 Å². The maximum absolute atomic E-state index is 12.0. The molecule has 0 spiro atoms. The molecular formula is C16H14N2O. The van der Waals surface area contributed by atoms with Crippen molar-refractivity contribution in [3.8, 4) is 18.0 Å². The van der Waals surface area contributed by atoms with Crippen LogP contribution in [0.1, 0.15) is 6.42 Å². The van der Waals surface area contributed by atoms with E-state index in [4.69, 9.17) is 6.42 Å². The van der Waals surface area contributed by atoms with Gasteiger partial charge in [0.2, 0.25) is 5.91 Å². The molecule has 3 heteroatoms. The minimum absolute atomic E-state index is 0.0303. The van der Waals surface area contributed by atoms with E-state index in [1.165, 1.54) is 0 Å². The lowest BCUT2D eigenvalue weighted by Crippen LogP contribution is -2.24. The summed E-state index contributed by atoms with van der Waals surface area (Å²) < 4.78 is 2.02. The number of carbonyl (C=O) groups is 1. The summed E-state index contributed by atoms with van der Waals surface area (Å²) in [5, 5.41) is 0. The molecule has 0 aliphatic carbocycles. The molecule has 1 amide bonds. The van der Waals surface area contributed by atoms with Gasteiger partial charge in [-0.1, -0.05) is 6.07 Å². The van der Waals surface area contributed by atoms with Crippen LogP contribution in [0.5, 0.6) is 0 Å². The summed E-state index contributed by atoms with van der Waals surface area (Å²) in [6.07, 6.45) is 9.82. The van der Waals surface area contributed by atoms with E-state index in [9.17, 15) is 4.79 Å². The summed E-state index contributed by atoms with van der Waals surface area (Å²) in [4.78, 5) is 13.7. The van der Waals surface area contributed by atoms with Gasteiger partial charge < -0.3 is 9.47 Å². The molecule has 2 aromatic rings. The third-order valence-corrected chi connectivity index (χ3v) is 3.40. The molecule has 3 nitrogen and oxygen atoms in total. The van der Waals surface area contributed by atoms with Crippen molar-refractivity contribution in [2.45, 2.75) is 6.42 Å². The molecule has 1 aromatic carbocycles. The topological polar surface area (TPSA) is 25.2 Å². The summed E-state index contributed by atoms with van der Waals surface area (Å²) in [5.41, 5.74) is 1.95. The molecule has 2 heterocycles. The SMILES string of the molecule is C#CC1CC(=O)N(c2cccc(-n3cccc3)c2)C1. The van der Waals surface area contributed by atoms with Gasteiger partial charge in [0, 0.05) is 42.7 Å². The molecule has 0 saturated carbocycles. The second-order valence-corrected chi connectivity index (χ2v) is 4.68. The fourth-order valence-corrected chi connectivity index (χ4v) is 2.40. The Morgan fingerprint density at radius 1 is 1.16 bits per heavy atom. The molecule has 1 fully saturated rings. The minimum Gasteiger partial charge on any atom is -0.324 e. The van der Waals surface area contributed by atoms with Crippen molar-refractivity contribution in [3.05, 3.63) is 48.8 Å². The Kier molecular flexibility index (Phi) is 2.85. The van der Waals surface area contributed by atoms with Crippen LogP contribution in [0, 0.1) is 18.3 Å². The first-order valence-corrected chi connectivity index (χ1v) is 6.28. The molecule has 1 aliphatic heterocycles. The molecule has 1 atom stereocenters. The molecule has 1 saturated heterocycles. The van der Waals surface area contributed by atoms with E-state index < -0.39 is 0 Å². The largest absolute Gasteiger partial charge is 0.324 e. The standard InChI is InChI=1S/C16H14N2O/c1-2-13-10-16(19)18(12-13)15-7-5-6-14(11-15)17-8-3-4-9-17/h1,3-9,11,13H,10,12H2. The monoisotopic (exact) mass is 250 g/mol. The first-order valence-electron chi connectivity index (χ1n) is 6.28. The Balaban J connectivity index is 1.92.